The summed E-state index contributed by atoms with van der Waals surface area (Å²) in [5, 5.41) is 8.34. The van der Waals surface area contributed by atoms with Gasteiger partial charge in [-0.25, -0.2) is 0 Å². The molecule has 0 radical (unpaired) electrons. The third-order valence-corrected chi connectivity index (χ3v) is 6.95. The topological polar surface area (TPSA) is 74.1 Å². The van der Waals surface area contributed by atoms with Crippen LogP contribution in [0.4, 0.5) is 5.82 Å². The Balaban J connectivity index is 0.00000153. The zero-order valence-electron chi connectivity index (χ0n) is 20.4. The molecule has 1 N–H and O–H groups in total. The molecule has 5 rings (SSSR count). The van der Waals surface area contributed by atoms with Gasteiger partial charge in [-0.2, -0.15) is 14.5 Å². The second kappa shape index (κ2) is 15.4. The molecule has 13 heteroatoms. The SMILES string of the molecule is CN1CCN(c2cc(OCCN3CCNCC3)nc3nc(C4CCCCC4)nn23)CC1.Cl.Cl.Cl.Cl. The maximum Gasteiger partial charge on any atom is 0.257 e. The van der Waals surface area contributed by atoms with Gasteiger partial charge in [0.15, 0.2) is 5.82 Å². The van der Waals surface area contributed by atoms with Crippen molar-refractivity contribution in [3.8, 4) is 5.88 Å². The van der Waals surface area contributed by atoms with Crippen molar-refractivity contribution in [2.75, 3.05) is 77.5 Å². The first kappa shape index (κ1) is 32.2. The van der Waals surface area contributed by atoms with E-state index in [0.29, 0.717) is 24.2 Å². The second-order valence-electron chi connectivity index (χ2n) is 9.20. The van der Waals surface area contributed by atoms with Crippen LogP contribution in [0.25, 0.3) is 5.78 Å². The van der Waals surface area contributed by atoms with Crippen LogP contribution in [0, 0.1) is 0 Å². The van der Waals surface area contributed by atoms with E-state index in [0.717, 1.165) is 70.5 Å². The van der Waals surface area contributed by atoms with Gasteiger partial charge in [-0.15, -0.1) is 54.7 Å². The lowest BCUT2D eigenvalue weighted by atomic mass is 9.89. The number of fused-ring (bicyclic) bond motifs is 1. The molecule has 35 heavy (non-hydrogen) atoms. The Bertz CT molecular complexity index is 869. The Morgan fingerprint density at radius 3 is 2.29 bits per heavy atom. The smallest absolute Gasteiger partial charge is 0.257 e. The van der Waals surface area contributed by atoms with Crippen molar-refractivity contribution in [3.63, 3.8) is 0 Å². The number of nitrogens with zero attached hydrogens (tertiary/aromatic N) is 7. The minimum atomic E-state index is 0. The number of rotatable bonds is 6. The van der Waals surface area contributed by atoms with Crippen molar-refractivity contribution in [3.05, 3.63) is 11.9 Å². The average Bonchev–Trinajstić information content (AvgIpc) is 3.25. The second-order valence-corrected chi connectivity index (χ2v) is 9.20. The normalized spacial score (nSPS) is 19.7. The Hall–Kier alpha value is -0.810. The number of aromatic nitrogens is 4. The fourth-order valence-electron chi connectivity index (χ4n) is 4.93. The predicted molar refractivity (Wildman–Crippen MR) is 150 cm³/mol. The Kier molecular flexibility index (Phi) is 14.2. The Morgan fingerprint density at radius 2 is 1.60 bits per heavy atom. The van der Waals surface area contributed by atoms with Crippen LogP contribution in [0.2, 0.25) is 0 Å². The van der Waals surface area contributed by atoms with Gasteiger partial charge in [-0.05, 0) is 19.9 Å². The molecule has 0 unspecified atom stereocenters. The zero-order valence-corrected chi connectivity index (χ0v) is 23.7. The summed E-state index contributed by atoms with van der Waals surface area (Å²) in [5.74, 6) is 3.83. The van der Waals surface area contributed by atoms with Crippen LogP contribution >= 0.6 is 49.6 Å². The third-order valence-electron chi connectivity index (χ3n) is 6.95. The average molecular weight is 574 g/mol. The zero-order chi connectivity index (χ0) is 21.0. The predicted octanol–water partition coefficient (Wildman–Crippen LogP) is 2.90. The molecule has 0 amide bonds. The van der Waals surface area contributed by atoms with E-state index in [1.807, 2.05) is 4.52 Å². The molecule has 0 aromatic carbocycles. The van der Waals surface area contributed by atoms with Gasteiger partial charge in [-0.1, -0.05) is 19.3 Å². The molecule has 0 atom stereocenters. The molecule has 4 heterocycles. The van der Waals surface area contributed by atoms with Gasteiger partial charge in [-0.3, -0.25) is 4.90 Å². The van der Waals surface area contributed by atoms with Crippen molar-refractivity contribution in [1.82, 2.24) is 34.7 Å². The maximum atomic E-state index is 6.13. The molecule has 202 valence electrons. The highest BCUT2D eigenvalue weighted by atomic mass is 35.5. The number of anilines is 1. The number of nitrogens with one attached hydrogen (secondary N) is 1. The highest BCUT2D eigenvalue weighted by Gasteiger charge is 2.24. The summed E-state index contributed by atoms with van der Waals surface area (Å²) in [7, 11) is 2.18. The first-order chi connectivity index (χ1) is 15.3. The van der Waals surface area contributed by atoms with E-state index in [1.54, 1.807) is 0 Å². The first-order valence-corrected chi connectivity index (χ1v) is 12.0. The van der Waals surface area contributed by atoms with Gasteiger partial charge < -0.3 is 19.9 Å². The third kappa shape index (κ3) is 8.09. The standard InChI is InChI=1S/C22H36N8O.4ClH/c1-27-11-13-29(14-12-27)20-17-19(31-16-15-28-9-7-23-8-10-28)24-22-25-21(26-30(20)22)18-5-3-2-4-6-18;;;;/h17-18,23H,2-16H2,1H3;4*1H. The number of halogens is 4. The number of likely N-dealkylation sites (N-methyl/N-ethyl adjacent to an activating group) is 1. The molecule has 1 aliphatic carbocycles. The van der Waals surface area contributed by atoms with Gasteiger partial charge in [0.05, 0.1) is 0 Å². The minimum absolute atomic E-state index is 0. The van der Waals surface area contributed by atoms with E-state index in [-0.39, 0.29) is 49.6 Å². The van der Waals surface area contributed by atoms with Crippen LogP contribution in [-0.4, -0.2) is 102 Å². The molecule has 2 aromatic heterocycles. The van der Waals surface area contributed by atoms with E-state index in [9.17, 15) is 0 Å². The van der Waals surface area contributed by atoms with Gasteiger partial charge in [0.25, 0.3) is 5.78 Å². The van der Waals surface area contributed by atoms with E-state index in [4.69, 9.17) is 19.8 Å². The maximum absolute atomic E-state index is 6.13. The number of piperazine rings is 2. The van der Waals surface area contributed by atoms with E-state index >= 15 is 0 Å². The Labute approximate surface area is 233 Å². The molecule has 2 saturated heterocycles. The highest BCUT2D eigenvalue weighted by molar-refractivity contribution is 5.86. The van der Waals surface area contributed by atoms with E-state index in [2.05, 4.69) is 33.1 Å². The summed E-state index contributed by atoms with van der Waals surface area (Å²) in [4.78, 5) is 16.8. The van der Waals surface area contributed by atoms with Crippen LogP contribution in [-0.2, 0) is 0 Å². The molecule has 2 aliphatic heterocycles. The molecule has 2 aromatic rings. The van der Waals surface area contributed by atoms with Crippen molar-refractivity contribution in [2.45, 2.75) is 38.0 Å². The van der Waals surface area contributed by atoms with Crippen LogP contribution in [0.15, 0.2) is 6.07 Å². The largest absolute Gasteiger partial charge is 0.476 e. The summed E-state index contributed by atoms with van der Waals surface area (Å²) in [6.45, 7) is 9.91. The highest BCUT2D eigenvalue weighted by Crippen LogP contribution is 2.32. The van der Waals surface area contributed by atoms with Gasteiger partial charge >= 0.3 is 0 Å². The molecule has 0 bridgehead atoms. The quantitative estimate of drug-likeness (QED) is 0.565. The lowest BCUT2D eigenvalue weighted by Gasteiger charge is -2.33. The summed E-state index contributed by atoms with van der Waals surface area (Å²) < 4.78 is 8.09. The molecule has 3 aliphatic rings. The number of hydrogen-bond acceptors (Lipinski definition) is 8. The minimum Gasteiger partial charge on any atom is -0.476 e. The van der Waals surface area contributed by atoms with Crippen LogP contribution in [0.3, 0.4) is 0 Å². The van der Waals surface area contributed by atoms with Crippen molar-refractivity contribution >= 4 is 61.2 Å². The molecular formula is C22H40Cl4N8O. The lowest BCUT2D eigenvalue weighted by molar-refractivity contribution is 0.188. The number of ether oxygens (including phenoxy) is 1. The number of hydrogen-bond donors (Lipinski definition) is 1. The molecular weight excluding hydrogens is 534 g/mol. The fourth-order valence-corrected chi connectivity index (χ4v) is 4.93. The molecule has 1 saturated carbocycles. The van der Waals surface area contributed by atoms with Crippen molar-refractivity contribution < 1.29 is 4.74 Å². The van der Waals surface area contributed by atoms with Crippen molar-refractivity contribution in [2.24, 2.45) is 0 Å². The first-order valence-electron chi connectivity index (χ1n) is 12.0. The van der Waals surface area contributed by atoms with E-state index < -0.39 is 0 Å². The van der Waals surface area contributed by atoms with E-state index in [1.165, 1.54) is 32.1 Å². The Morgan fingerprint density at radius 1 is 0.914 bits per heavy atom. The molecule has 0 spiro atoms. The summed E-state index contributed by atoms with van der Waals surface area (Å²) in [6, 6.07) is 2.06. The van der Waals surface area contributed by atoms with Gasteiger partial charge in [0, 0.05) is 70.9 Å². The van der Waals surface area contributed by atoms with Gasteiger partial charge in [0.1, 0.15) is 12.4 Å². The van der Waals surface area contributed by atoms with Crippen molar-refractivity contribution in [1.29, 1.82) is 0 Å². The lowest BCUT2D eigenvalue weighted by Crippen LogP contribution is -2.45. The van der Waals surface area contributed by atoms with Crippen LogP contribution in [0.5, 0.6) is 5.88 Å². The summed E-state index contributed by atoms with van der Waals surface area (Å²) in [6.07, 6.45) is 6.27. The van der Waals surface area contributed by atoms with Gasteiger partial charge in [0.2, 0.25) is 5.88 Å². The molecule has 3 fully saturated rings. The van der Waals surface area contributed by atoms with Crippen LogP contribution in [0.1, 0.15) is 43.8 Å². The molecule has 9 nitrogen and oxygen atoms in total. The van der Waals surface area contributed by atoms with Crippen LogP contribution < -0.4 is 15.0 Å². The summed E-state index contributed by atoms with van der Waals surface area (Å²) in [5.41, 5.74) is 0. The fraction of sp³-hybridized carbons (Fsp3) is 0.773. The monoisotopic (exact) mass is 572 g/mol. The summed E-state index contributed by atoms with van der Waals surface area (Å²) >= 11 is 0.